The largest absolute Gasteiger partial charge is 0.484 e. The lowest BCUT2D eigenvalue weighted by molar-refractivity contribution is -0.121. The molecule has 34 heavy (non-hydrogen) atoms. The van der Waals surface area contributed by atoms with Crippen molar-refractivity contribution in [1.29, 1.82) is 0 Å². The molecule has 8 heteroatoms. The van der Waals surface area contributed by atoms with E-state index in [2.05, 4.69) is 78.8 Å². The van der Waals surface area contributed by atoms with Crippen LogP contribution in [-0.2, 0) is 11.3 Å². The van der Waals surface area contributed by atoms with Gasteiger partial charge in [-0.1, -0.05) is 46.3 Å². The summed E-state index contributed by atoms with van der Waals surface area (Å²) in [6.07, 6.45) is 0. The highest BCUT2D eigenvalue weighted by Gasteiger charge is 2.17. The lowest BCUT2D eigenvalue weighted by Crippen LogP contribution is -2.45. The third-order valence-corrected chi connectivity index (χ3v) is 6.28. The van der Waals surface area contributed by atoms with Gasteiger partial charge in [0.25, 0.3) is 5.91 Å². The normalized spacial score (nSPS) is 13.9. The van der Waals surface area contributed by atoms with Crippen LogP contribution in [0, 0.1) is 0 Å². The molecule has 0 aliphatic carbocycles. The molecular formula is C26H27BrN4O2S. The number of hydrogen-bond donors (Lipinski definition) is 2. The van der Waals surface area contributed by atoms with Crippen molar-refractivity contribution in [2.45, 2.75) is 6.54 Å². The minimum atomic E-state index is -0.314. The molecular weight excluding hydrogens is 512 g/mol. The molecule has 6 nitrogen and oxygen atoms in total. The molecule has 1 heterocycles. The minimum Gasteiger partial charge on any atom is -0.484 e. The fourth-order valence-electron chi connectivity index (χ4n) is 3.77. The van der Waals surface area contributed by atoms with E-state index in [1.165, 1.54) is 11.3 Å². The van der Waals surface area contributed by atoms with E-state index in [4.69, 9.17) is 17.0 Å². The predicted octanol–water partition coefficient (Wildman–Crippen LogP) is 4.66. The molecule has 0 unspecified atom stereocenters. The lowest BCUT2D eigenvalue weighted by atomic mass is 10.2. The highest BCUT2D eigenvalue weighted by molar-refractivity contribution is 9.10. The third kappa shape index (κ3) is 7.28. The molecule has 1 saturated heterocycles. The summed E-state index contributed by atoms with van der Waals surface area (Å²) < 4.78 is 6.42. The van der Waals surface area contributed by atoms with Gasteiger partial charge in [-0.2, -0.15) is 0 Å². The van der Waals surface area contributed by atoms with Gasteiger partial charge in [0.05, 0.1) is 0 Å². The zero-order valence-corrected chi connectivity index (χ0v) is 21.1. The van der Waals surface area contributed by atoms with Crippen LogP contribution in [0.25, 0.3) is 0 Å². The SMILES string of the molecule is O=C(COc1ccc(Br)cc1)NC(=S)Nc1ccc(N2CCN(Cc3ccccc3)CC2)cc1. The molecule has 2 N–H and O–H groups in total. The number of carbonyl (C=O) groups is 1. The number of nitrogens with zero attached hydrogens (tertiary/aromatic N) is 2. The molecule has 3 aromatic rings. The molecule has 0 aromatic heterocycles. The van der Waals surface area contributed by atoms with Crippen LogP contribution in [0.2, 0.25) is 0 Å². The summed E-state index contributed by atoms with van der Waals surface area (Å²) in [5, 5.41) is 5.94. The van der Waals surface area contributed by atoms with Crippen molar-refractivity contribution in [3.05, 3.63) is 88.9 Å². The van der Waals surface area contributed by atoms with E-state index in [0.717, 1.165) is 42.9 Å². The molecule has 1 amide bonds. The average molecular weight is 539 g/mol. The first-order valence-corrected chi connectivity index (χ1v) is 12.4. The minimum absolute atomic E-state index is 0.112. The van der Waals surface area contributed by atoms with Gasteiger partial charge in [-0.05, 0) is 66.3 Å². The molecule has 1 aliphatic heterocycles. The van der Waals surface area contributed by atoms with Gasteiger partial charge in [0.2, 0.25) is 0 Å². The molecule has 0 atom stereocenters. The number of benzene rings is 3. The first kappa shape index (κ1) is 24.2. The quantitative estimate of drug-likeness (QED) is 0.426. The standard InChI is InChI=1S/C26H27BrN4O2S/c27-21-6-12-24(13-7-21)33-19-25(32)29-26(34)28-22-8-10-23(11-9-22)31-16-14-30(15-17-31)18-20-4-2-1-3-5-20/h1-13H,14-19H2,(H2,28,29,32,34). The molecule has 0 spiro atoms. The van der Waals surface area contributed by atoms with E-state index in [0.29, 0.717) is 5.75 Å². The van der Waals surface area contributed by atoms with Crippen LogP contribution in [0.1, 0.15) is 5.56 Å². The lowest BCUT2D eigenvalue weighted by Gasteiger charge is -2.36. The summed E-state index contributed by atoms with van der Waals surface area (Å²) in [4.78, 5) is 17.0. The number of nitrogens with one attached hydrogen (secondary N) is 2. The van der Waals surface area contributed by atoms with Gasteiger partial charge in [0.15, 0.2) is 11.7 Å². The van der Waals surface area contributed by atoms with Crippen LogP contribution in [-0.4, -0.2) is 48.7 Å². The van der Waals surface area contributed by atoms with Gasteiger partial charge in [-0.15, -0.1) is 0 Å². The van der Waals surface area contributed by atoms with Crippen molar-refractivity contribution in [2.24, 2.45) is 0 Å². The number of rotatable bonds is 7. The Hall–Kier alpha value is -2.94. The maximum absolute atomic E-state index is 12.1. The van der Waals surface area contributed by atoms with Gasteiger partial charge in [-0.3, -0.25) is 15.0 Å². The Labute approximate surface area is 214 Å². The Kier molecular flexibility index (Phi) is 8.51. The van der Waals surface area contributed by atoms with Gasteiger partial charge in [0.1, 0.15) is 5.75 Å². The van der Waals surface area contributed by atoms with E-state index >= 15 is 0 Å². The highest BCUT2D eigenvalue weighted by atomic mass is 79.9. The van der Waals surface area contributed by atoms with Crippen LogP contribution in [0.4, 0.5) is 11.4 Å². The molecule has 176 valence electrons. The smallest absolute Gasteiger partial charge is 0.264 e. The Morgan fingerprint density at radius 1 is 0.912 bits per heavy atom. The van der Waals surface area contributed by atoms with E-state index in [1.54, 1.807) is 12.1 Å². The molecule has 0 bridgehead atoms. The number of amides is 1. The second kappa shape index (κ2) is 12.0. The fourth-order valence-corrected chi connectivity index (χ4v) is 4.26. The first-order chi connectivity index (χ1) is 16.5. The number of piperazine rings is 1. The molecule has 0 radical (unpaired) electrons. The van der Waals surface area contributed by atoms with Crippen LogP contribution in [0.15, 0.2) is 83.3 Å². The maximum Gasteiger partial charge on any atom is 0.264 e. The van der Waals surface area contributed by atoms with Gasteiger partial charge in [0, 0.05) is 48.6 Å². The molecule has 1 fully saturated rings. The predicted molar refractivity (Wildman–Crippen MR) is 144 cm³/mol. The Balaban J connectivity index is 1.19. The Bertz CT molecular complexity index is 1090. The van der Waals surface area contributed by atoms with Crippen LogP contribution >= 0.6 is 28.1 Å². The summed E-state index contributed by atoms with van der Waals surface area (Å²) in [6.45, 7) is 4.94. The van der Waals surface area contributed by atoms with Crippen molar-refractivity contribution in [3.63, 3.8) is 0 Å². The van der Waals surface area contributed by atoms with Gasteiger partial charge in [-0.25, -0.2) is 0 Å². The number of ether oxygens (including phenoxy) is 1. The first-order valence-electron chi connectivity index (χ1n) is 11.2. The summed E-state index contributed by atoms with van der Waals surface area (Å²) >= 11 is 8.63. The zero-order chi connectivity index (χ0) is 23.8. The summed E-state index contributed by atoms with van der Waals surface area (Å²) in [5.74, 6) is 0.305. The van der Waals surface area contributed by atoms with Crippen molar-refractivity contribution < 1.29 is 9.53 Å². The van der Waals surface area contributed by atoms with Crippen molar-refractivity contribution in [2.75, 3.05) is 43.0 Å². The second-order valence-corrected chi connectivity index (χ2v) is 9.36. The third-order valence-electron chi connectivity index (χ3n) is 5.55. The second-order valence-electron chi connectivity index (χ2n) is 8.04. The van der Waals surface area contributed by atoms with Crippen molar-refractivity contribution >= 4 is 50.5 Å². The number of carbonyl (C=O) groups excluding carboxylic acids is 1. The van der Waals surface area contributed by atoms with E-state index < -0.39 is 0 Å². The van der Waals surface area contributed by atoms with Crippen LogP contribution in [0.5, 0.6) is 5.75 Å². The van der Waals surface area contributed by atoms with Gasteiger partial charge >= 0.3 is 0 Å². The van der Waals surface area contributed by atoms with Crippen LogP contribution < -0.4 is 20.3 Å². The maximum atomic E-state index is 12.1. The Morgan fingerprint density at radius 3 is 2.26 bits per heavy atom. The number of halogens is 1. The summed E-state index contributed by atoms with van der Waals surface area (Å²) in [6, 6.07) is 26.0. The monoisotopic (exact) mass is 538 g/mol. The fraction of sp³-hybridized carbons (Fsp3) is 0.231. The van der Waals surface area contributed by atoms with E-state index in [-0.39, 0.29) is 17.6 Å². The summed E-state index contributed by atoms with van der Waals surface area (Å²) in [7, 11) is 0. The summed E-state index contributed by atoms with van der Waals surface area (Å²) in [5.41, 5.74) is 3.36. The number of anilines is 2. The van der Waals surface area contributed by atoms with Crippen molar-refractivity contribution in [3.8, 4) is 5.75 Å². The average Bonchev–Trinajstić information content (AvgIpc) is 2.85. The Morgan fingerprint density at radius 2 is 1.59 bits per heavy atom. The molecule has 0 saturated carbocycles. The van der Waals surface area contributed by atoms with Crippen molar-refractivity contribution in [1.82, 2.24) is 10.2 Å². The highest BCUT2D eigenvalue weighted by Crippen LogP contribution is 2.20. The molecule has 4 rings (SSSR count). The molecule has 1 aliphatic rings. The molecule has 3 aromatic carbocycles. The van der Waals surface area contributed by atoms with E-state index in [9.17, 15) is 4.79 Å². The zero-order valence-electron chi connectivity index (χ0n) is 18.7. The van der Waals surface area contributed by atoms with Gasteiger partial charge < -0.3 is 15.0 Å². The van der Waals surface area contributed by atoms with E-state index in [1.807, 2.05) is 24.3 Å². The number of hydrogen-bond acceptors (Lipinski definition) is 5. The topological polar surface area (TPSA) is 56.8 Å². The number of thiocarbonyl (C=S) groups is 1. The van der Waals surface area contributed by atoms with Crippen LogP contribution in [0.3, 0.4) is 0 Å².